The van der Waals surface area contributed by atoms with E-state index >= 15 is 0 Å². The van der Waals surface area contributed by atoms with Crippen LogP contribution >= 0.6 is 0 Å². The number of nitrogens with two attached hydrogens (primary N) is 1. The van der Waals surface area contributed by atoms with Crippen LogP contribution in [-0.4, -0.2) is 15.5 Å². The first-order valence-electron chi connectivity index (χ1n) is 6.41. The zero-order valence-corrected chi connectivity index (χ0v) is 12.7. The van der Waals surface area contributed by atoms with E-state index in [-0.39, 0.29) is 22.6 Å². The van der Waals surface area contributed by atoms with Gasteiger partial charge >= 0.3 is 0 Å². The molecule has 0 spiro atoms. The first-order chi connectivity index (χ1) is 9.87. The average molecular weight is 308 g/mol. The lowest BCUT2D eigenvalue weighted by Crippen LogP contribution is -2.27. The summed E-state index contributed by atoms with van der Waals surface area (Å²) in [6.07, 6.45) is 0. The highest BCUT2D eigenvalue weighted by Crippen LogP contribution is 2.25. The molecule has 2 rings (SSSR count). The number of para-hydroxylation sites is 1. The van der Waals surface area contributed by atoms with Crippen molar-refractivity contribution in [2.75, 3.05) is 11.4 Å². The Labute approximate surface area is 124 Å². The molecule has 6 heteroatoms. The normalized spacial score (nSPS) is 11.4. The van der Waals surface area contributed by atoms with E-state index in [2.05, 4.69) is 0 Å². The summed E-state index contributed by atoms with van der Waals surface area (Å²) in [5, 5.41) is 0. The zero-order chi connectivity index (χ0) is 15.6. The van der Waals surface area contributed by atoms with E-state index in [4.69, 9.17) is 5.73 Å². The Bertz CT molecular complexity index is 746. The van der Waals surface area contributed by atoms with Crippen LogP contribution in [0.25, 0.3) is 0 Å². The van der Waals surface area contributed by atoms with E-state index < -0.39 is 15.8 Å². The molecular formula is C15H17FN2O2S. The number of nitrogens with zero attached hydrogens (tertiary/aromatic N) is 1. The number of sulfonamides is 1. The fourth-order valence-corrected chi connectivity index (χ4v) is 3.37. The van der Waals surface area contributed by atoms with Gasteiger partial charge in [0.05, 0.1) is 10.6 Å². The van der Waals surface area contributed by atoms with Crippen molar-refractivity contribution in [1.29, 1.82) is 0 Å². The summed E-state index contributed by atoms with van der Waals surface area (Å²) < 4.78 is 40.2. The van der Waals surface area contributed by atoms with E-state index in [1.807, 2.05) is 0 Å². The molecule has 0 amide bonds. The van der Waals surface area contributed by atoms with Crippen LogP contribution in [0.5, 0.6) is 0 Å². The molecule has 0 aromatic heterocycles. The van der Waals surface area contributed by atoms with Crippen molar-refractivity contribution in [3.63, 3.8) is 0 Å². The van der Waals surface area contributed by atoms with Crippen molar-refractivity contribution in [2.24, 2.45) is 5.73 Å². The molecule has 0 saturated heterocycles. The van der Waals surface area contributed by atoms with Gasteiger partial charge in [-0.05, 0) is 36.8 Å². The molecule has 4 nitrogen and oxygen atoms in total. The van der Waals surface area contributed by atoms with Gasteiger partial charge in [0.2, 0.25) is 0 Å². The number of anilines is 1. The third kappa shape index (κ3) is 2.91. The first-order valence-corrected chi connectivity index (χ1v) is 7.85. The van der Waals surface area contributed by atoms with Crippen molar-refractivity contribution >= 4 is 15.7 Å². The van der Waals surface area contributed by atoms with Crippen LogP contribution in [0.15, 0.2) is 47.4 Å². The van der Waals surface area contributed by atoms with Crippen molar-refractivity contribution in [1.82, 2.24) is 0 Å². The monoisotopic (exact) mass is 308 g/mol. The van der Waals surface area contributed by atoms with Gasteiger partial charge in [-0.1, -0.05) is 18.2 Å². The smallest absolute Gasteiger partial charge is 0.264 e. The highest BCUT2D eigenvalue weighted by Gasteiger charge is 2.23. The molecule has 0 heterocycles. The summed E-state index contributed by atoms with van der Waals surface area (Å²) in [7, 11) is -2.29. The topological polar surface area (TPSA) is 63.4 Å². The summed E-state index contributed by atoms with van der Waals surface area (Å²) in [6.45, 7) is 1.47. The maximum atomic E-state index is 13.8. The van der Waals surface area contributed by atoms with Crippen LogP contribution in [0.4, 0.5) is 10.1 Å². The van der Waals surface area contributed by atoms with Gasteiger partial charge in [0.1, 0.15) is 5.82 Å². The molecule has 0 saturated carbocycles. The molecule has 0 aliphatic carbocycles. The Kier molecular flexibility index (Phi) is 4.29. The number of aryl methyl sites for hydroxylation is 1. The second kappa shape index (κ2) is 5.83. The number of benzene rings is 2. The Hall–Kier alpha value is -1.92. The molecule has 0 atom stereocenters. The second-order valence-corrected chi connectivity index (χ2v) is 6.69. The van der Waals surface area contributed by atoms with E-state index in [0.717, 1.165) is 0 Å². The highest BCUT2D eigenvalue weighted by molar-refractivity contribution is 7.92. The fraction of sp³-hybridized carbons (Fsp3) is 0.200. The molecule has 0 aliphatic heterocycles. The molecule has 0 bridgehead atoms. The Morgan fingerprint density at radius 3 is 2.38 bits per heavy atom. The Balaban J connectivity index is 2.52. The Morgan fingerprint density at radius 2 is 1.81 bits per heavy atom. The molecule has 0 unspecified atom stereocenters. The summed E-state index contributed by atoms with van der Waals surface area (Å²) in [5.41, 5.74) is 6.46. The van der Waals surface area contributed by atoms with Gasteiger partial charge in [0.25, 0.3) is 10.0 Å². The van der Waals surface area contributed by atoms with Crippen molar-refractivity contribution < 1.29 is 12.8 Å². The Morgan fingerprint density at radius 1 is 1.19 bits per heavy atom. The van der Waals surface area contributed by atoms with Crippen LogP contribution in [0.1, 0.15) is 11.1 Å². The molecule has 2 N–H and O–H groups in total. The number of hydrogen-bond donors (Lipinski definition) is 1. The minimum Gasteiger partial charge on any atom is -0.326 e. The van der Waals surface area contributed by atoms with Crippen molar-refractivity contribution in [2.45, 2.75) is 18.4 Å². The van der Waals surface area contributed by atoms with Gasteiger partial charge in [0, 0.05) is 19.2 Å². The van der Waals surface area contributed by atoms with Crippen molar-refractivity contribution in [3.05, 3.63) is 59.4 Å². The van der Waals surface area contributed by atoms with Crippen LogP contribution < -0.4 is 10.0 Å². The van der Waals surface area contributed by atoms with Crippen LogP contribution in [0.2, 0.25) is 0 Å². The van der Waals surface area contributed by atoms with E-state index in [9.17, 15) is 12.8 Å². The fourth-order valence-electron chi connectivity index (χ4n) is 2.04. The summed E-state index contributed by atoms with van der Waals surface area (Å²) in [6, 6.07) is 11.3. The SMILES string of the molecule is Cc1cc(S(=O)(=O)N(C)c2ccccc2)cc(CN)c1F. The highest BCUT2D eigenvalue weighted by atomic mass is 32.2. The van der Waals surface area contributed by atoms with Gasteiger partial charge in [-0.15, -0.1) is 0 Å². The number of rotatable bonds is 4. The minimum absolute atomic E-state index is 0.0354. The van der Waals surface area contributed by atoms with E-state index in [1.54, 1.807) is 30.3 Å². The van der Waals surface area contributed by atoms with Gasteiger partial charge in [0.15, 0.2) is 0 Å². The van der Waals surface area contributed by atoms with Gasteiger partial charge in [-0.3, -0.25) is 4.31 Å². The standard InChI is InChI=1S/C15H17FN2O2S/c1-11-8-14(9-12(10-17)15(11)16)21(19,20)18(2)13-6-4-3-5-7-13/h3-9H,10,17H2,1-2H3. The molecule has 0 fully saturated rings. The van der Waals surface area contributed by atoms with Crippen LogP contribution in [0, 0.1) is 12.7 Å². The number of hydrogen-bond acceptors (Lipinski definition) is 3. The lowest BCUT2D eigenvalue weighted by molar-refractivity contribution is 0.587. The lowest BCUT2D eigenvalue weighted by Gasteiger charge is -2.20. The molecule has 112 valence electrons. The van der Waals surface area contributed by atoms with Crippen LogP contribution in [0.3, 0.4) is 0 Å². The largest absolute Gasteiger partial charge is 0.326 e. The van der Waals surface area contributed by atoms with Gasteiger partial charge < -0.3 is 5.73 Å². The van der Waals surface area contributed by atoms with E-state index in [1.165, 1.54) is 30.4 Å². The maximum Gasteiger partial charge on any atom is 0.264 e. The predicted molar refractivity (Wildman–Crippen MR) is 81.1 cm³/mol. The van der Waals surface area contributed by atoms with E-state index in [0.29, 0.717) is 5.69 Å². The van der Waals surface area contributed by atoms with Crippen LogP contribution in [-0.2, 0) is 16.6 Å². The molecule has 21 heavy (non-hydrogen) atoms. The lowest BCUT2D eigenvalue weighted by atomic mass is 10.1. The molecule has 0 radical (unpaired) electrons. The molecular weight excluding hydrogens is 291 g/mol. The molecule has 0 aliphatic rings. The number of halogens is 1. The minimum atomic E-state index is -3.75. The van der Waals surface area contributed by atoms with Gasteiger partial charge in [-0.2, -0.15) is 0 Å². The third-order valence-electron chi connectivity index (χ3n) is 3.30. The predicted octanol–water partition coefficient (Wildman–Crippen LogP) is 2.42. The zero-order valence-electron chi connectivity index (χ0n) is 11.9. The van der Waals surface area contributed by atoms with Gasteiger partial charge in [-0.25, -0.2) is 12.8 Å². The molecule has 2 aromatic rings. The van der Waals surface area contributed by atoms with Crippen molar-refractivity contribution in [3.8, 4) is 0 Å². The maximum absolute atomic E-state index is 13.8. The third-order valence-corrected chi connectivity index (χ3v) is 5.06. The average Bonchev–Trinajstić information content (AvgIpc) is 2.49. The summed E-state index contributed by atoms with van der Waals surface area (Å²) in [5.74, 6) is -0.459. The summed E-state index contributed by atoms with van der Waals surface area (Å²) >= 11 is 0. The second-order valence-electron chi connectivity index (χ2n) is 4.73. The first kappa shape index (κ1) is 15.5. The summed E-state index contributed by atoms with van der Waals surface area (Å²) in [4.78, 5) is 0.0354. The molecule has 2 aromatic carbocycles. The quantitative estimate of drug-likeness (QED) is 0.943.